The van der Waals surface area contributed by atoms with Crippen molar-refractivity contribution in [1.82, 2.24) is 20.4 Å². The molecule has 1 fully saturated rings. The van der Waals surface area contributed by atoms with Gasteiger partial charge < -0.3 is 10.6 Å². The van der Waals surface area contributed by atoms with E-state index in [1.807, 2.05) is 23.7 Å². The van der Waals surface area contributed by atoms with E-state index in [0.717, 1.165) is 46.9 Å². The second kappa shape index (κ2) is 8.84. The predicted molar refractivity (Wildman–Crippen MR) is 122 cm³/mol. The van der Waals surface area contributed by atoms with Crippen LogP contribution < -0.4 is 10.6 Å². The molecule has 4 rings (SSSR count). The van der Waals surface area contributed by atoms with Crippen LogP contribution in [0.3, 0.4) is 0 Å². The Labute approximate surface area is 183 Å². The molecule has 1 heterocycles. The van der Waals surface area contributed by atoms with Crippen molar-refractivity contribution in [3.8, 4) is 5.69 Å². The van der Waals surface area contributed by atoms with Gasteiger partial charge in [0.15, 0.2) is 0 Å². The van der Waals surface area contributed by atoms with Gasteiger partial charge in [0, 0.05) is 34.3 Å². The Bertz CT molecular complexity index is 958. The third kappa shape index (κ3) is 4.41. The van der Waals surface area contributed by atoms with E-state index < -0.39 is 0 Å². The van der Waals surface area contributed by atoms with Crippen LogP contribution in [0.2, 0.25) is 5.02 Å². The van der Waals surface area contributed by atoms with Gasteiger partial charge in [-0.15, -0.1) is 0 Å². The molecule has 2 amide bonds. The summed E-state index contributed by atoms with van der Waals surface area (Å²) in [5, 5.41) is 11.8. The van der Waals surface area contributed by atoms with Crippen molar-refractivity contribution in [3.05, 3.63) is 57.9 Å². The van der Waals surface area contributed by atoms with Crippen molar-refractivity contribution in [2.24, 2.45) is 0 Å². The molecule has 0 radical (unpaired) electrons. The van der Waals surface area contributed by atoms with Gasteiger partial charge in [0.2, 0.25) is 0 Å². The largest absolute Gasteiger partial charge is 0.335 e. The zero-order valence-corrected chi connectivity index (χ0v) is 18.8. The number of aromatic nitrogens is 2. The maximum Gasteiger partial charge on any atom is 0.315 e. The molecule has 2 aliphatic carbocycles. The maximum atomic E-state index is 12.4. The highest BCUT2D eigenvalue weighted by Crippen LogP contribution is 2.34. The Morgan fingerprint density at radius 3 is 2.60 bits per heavy atom. The first-order valence-corrected chi connectivity index (χ1v) is 11.4. The third-order valence-corrected chi connectivity index (χ3v) is 6.87. The quantitative estimate of drug-likeness (QED) is 0.634. The Kier molecular flexibility index (Phi) is 6.19. The third-order valence-electron chi connectivity index (χ3n) is 6.46. The molecule has 0 aliphatic heterocycles. The molecule has 1 aromatic heterocycles. The van der Waals surface area contributed by atoms with E-state index >= 15 is 0 Å². The molecule has 0 bridgehead atoms. The van der Waals surface area contributed by atoms with Crippen LogP contribution in [-0.2, 0) is 0 Å². The van der Waals surface area contributed by atoms with Gasteiger partial charge in [-0.25, -0.2) is 9.48 Å². The van der Waals surface area contributed by atoms with Gasteiger partial charge in [-0.1, -0.05) is 49.1 Å². The fourth-order valence-electron chi connectivity index (χ4n) is 4.82. The summed E-state index contributed by atoms with van der Waals surface area (Å²) < 4.78 is 1.97. The fourth-order valence-corrected chi connectivity index (χ4v) is 4.99. The molecule has 2 unspecified atom stereocenters. The number of nitrogens with one attached hydrogen (secondary N) is 2. The van der Waals surface area contributed by atoms with Gasteiger partial charge in [0.25, 0.3) is 0 Å². The molecule has 2 aliphatic rings. The number of hydrogen-bond acceptors (Lipinski definition) is 2. The van der Waals surface area contributed by atoms with Crippen molar-refractivity contribution < 1.29 is 4.79 Å². The number of aryl methyl sites for hydroxylation is 2. The molecule has 1 saturated carbocycles. The molecule has 0 saturated heterocycles. The van der Waals surface area contributed by atoms with Crippen LogP contribution in [0.4, 0.5) is 4.79 Å². The zero-order chi connectivity index (χ0) is 21.3. The minimum absolute atomic E-state index is 0.0457. The van der Waals surface area contributed by atoms with E-state index in [-0.39, 0.29) is 18.0 Å². The normalized spacial score (nSPS) is 21.7. The minimum atomic E-state index is -0.0457. The second-order valence-corrected chi connectivity index (χ2v) is 9.12. The Morgan fingerprint density at radius 2 is 1.87 bits per heavy atom. The SMILES string of the molecule is Cc1ccc(-n2nc(C)c(C3C=CC(NC(=O)NC4CCCCC4)C3)c2C)cc1Cl. The number of allylic oxidation sites excluding steroid dienone is 1. The highest BCUT2D eigenvalue weighted by Gasteiger charge is 2.27. The lowest BCUT2D eigenvalue weighted by Crippen LogP contribution is -2.46. The van der Waals surface area contributed by atoms with E-state index in [1.165, 1.54) is 24.8 Å². The van der Waals surface area contributed by atoms with Gasteiger partial charge in [0.1, 0.15) is 0 Å². The number of hydrogen-bond donors (Lipinski definition) is 2. The average molecular weight is 427 g/mol. The van der Waals surface area contributed by atoms with Crippen LogP contribution in [0, 0.1) is 20.8 Å². The summed E-state index contributed by atoms with van der Waals surface area (Å²) in [6, 6.07) is 6.36. The molecule has 0 spiro atoms. The number of nitrogens with zero attached hydrogens (tertiary/aromatic N) is 2. The van der Waals surface area contributed by atoms with E-state index in [4.69, 9.17) is 16.7 Å². The van der Waals surface area contributed by atoms with Crippen molar-refractivity contribution >= 4 is 17.6 Å². The first kappa shape index (κ1) is 21.0. The van der Waals surface area contributed by atoms with Crippen molar-refractivity contribution in [2.45, 2.75) is 77.3 Å². The highest BCUT2D eigenvalue weighted by atomic mass is 35.5. The highest BCUT2D eigenvalue weighted by molar-refractivity contribution is 6.31. The fraction of sp³-hybridized carbons (Fsp3) is 0.500. The van der Waals surface area contributed by atoms with E-state index in [0.29, 0.717) is 6.04 Å². The van der Waals surface area contributed by atoms with Crippen LogP contribution in [0.5, 0.6) is 0 Å². The standard InChI is InChI=1S/C24H31ClN4O/c1-15-9-12-21(14-22(15)25)29-17(3)23(16(2)28-29)18-10-11-20(13-18)27-24(30)26-19-7-5-4-6-8-19/h9-12,14,18-20H,4-8,13H2,1-3H3,(H2,26,27,30). The van der Waals surface area contributed by atoms with E-state index in [2.05, 4.69) is 42.7 Å². The summed E-state index contributed by atoms with van der Waals surface area (Å²) in [6.07, 6.45) is 11.1. The predicted octanol–water partition coefficient (Wildman–Crippen LogP) is 5.49. The van der Waals surface area contributed by atoms with Crippen molar-refractivity contribution in [2.75, 3.05) is 0 Å². The molecule has 2 aromatic rings. The van der Waals surface area contributed by atoms with Gasteiger partial charge in [0.05, 0.1) is 11.4 Å². The Balaban J connectivity index is 1.43. The summed E-state index contributed by atoms with van der Waals surface area (Å²) in [5.41, 5.74) is 5.41. The lowest BCUT2D eigenvalue weighted by Gasteiger charge is -2.24. The maximum absolute atomic E-state index is 12.4. The molecule has 160 valence electrons. The summed E-state index contributed by atoms with van der Waals surface area (Å²) in [5.74, 6) is 0.250. The average Bonchev–Trinajstić information content (AvgIpc) is 3.28. The Hall–Kier alpha value is -2.27. The first-order valence-electron chi connectivity index (χ1n) is 11.0. The molecule has 2 N–H and O–H groups in total. The number of rotatable bonds is 4. The number of amides is 2. The first-order chi connectivity index (χ1) is 14.4. The monoisotopic (exact) mass is 426 g/mol. The van der Waals surface area contributed by atoms with Gasteiger partial charge in [-0.2, -0.15) is 5.10 Å². The van der Waals surface area contributed by atoms with Crippen molar-refractivity contribution in [3.63, 3.8) is 0 Å². The molecule has 1 aromatic carbocycles. The van der Waals surface area contributed by atoms with Crippen LogP contribution in [0.25, 0.3) is 5.69 Å². The number of benzene rings is 1. The van der Waals surface area contributed by atoms with Crippen molar-refractivity contribution in [1.29, 1.82) is 0 Å². The molecular weight excluding hydrogens is 396 g/mol. The summed E-state index contributed by atoms with van der Waals surface area (Å²) in [7, 11) is 0. The zero-order valence-electron chi connectivity index (χ0n) is 18.0. The van der Waals surface area contributed by atoms with Crippen LogP contribution in [-0.4, -0.2) is 27.9 Å². The summed E-state index contributed by atoms with van der Waals surface area (Å²) >= 11 is 6.33. The van der Waals surface area contributed by atoms with Gasteiger partial charge in [-0.3, -0.25) is 0 Å². The van der Waals surface area contributed by atoms with Crippen LogP contribution in [0.15, 0.2) is 30.4 Å². The number of carbonyl (C=O) groups is 1. The summed E-state index contributed by atoms with van der Waals surface area (Å²) in [4.78, 5) is 12.4. The Morgan fingerprint density at radius 1 is 1.10 bits per heavy atom. The van der Waals surface area contributed by atoms with Gasteiger partial charge >= 0.3 is 6.03 Å². The van der Waals surface area contributed by atoms with E-state index in [1.54, 1.807) is 0 Å². The van der Waals surface area contributed by atoms with Crippen LogP contribution >= 0.6 is 11.6 Å². The molecular formula is C24H31ClN4O. The van der Waals surface area contributed by atoms with Crippen LogP contribution in [0.1, 0.15) is 67.0 Å². The van der Waals surface area contributed by atoms with E-state index in [9.17, 15) is 4.79 Å². The molecule has 6 heteroatoms. The molecule has 5 nitrogen and oxygen atoms in total. The number of halogens is 1. The molecule has 2 atom stereocenters. The lowest BCUT2D eigenvalue weighted by molar-refractivity contribution is 0.230. The second-order valence-electron chi connectivity index (χ2n) is 8.72. The smallest absolute Gasteiger partial charge is 0.315 e. The lowest BCUT2D eigenvalue weighted by atomic mass is 9.95. The summed E-state index contributed by atoms with van der Waals surface area (Å²) in [6.45, 7) is 6.16. The number of urea groups is 1. The molecule has 30 heavy (non-hydrogen) atoms. The minimum Gasteiger partial charge on any atom is -0.335 e. The number of carbonyl (C=O) groups excluding carboxylic acids is 1. The van der Waals surface area contributed by atoms with Gasteiger partial charge in [-0.05, 0) is 57.7 Å². The topological polar surface area (TPSA) is 59.0 Å².